The van der Waals surface area contributed by atoms with Crippen LogP contribution in [-0.4, -0.2) is 25.2 Å². The quantitative estimate of drug-likeness (QED) is 0.813. The molecule has 1 aliphatic heterocycles. The number of nitrogens with one attached hydrogen (secondary N) is 1. The van der Waals surface area contributed by atoms with E-state index >= 15 is 0 Å². The van der Waals surface area contributed by atoms with Crippen LogP contribution in [0, 0.1) is 5.92 Å². The van der Waals surface area contributed by atoms with Crippen molar-refractivity contribution in [2.45, 2.75) is 26.8 Å². The van der Waals surface area contributed by atoms with E-state index < -0.39 is 0 Å². The van der Waals surface area contributed by atoms with Crippen molar-refractivity contribution in [3.05, 3.63) is 23.8 Å². The molecule has 0 amide bonds. The third-order valence-electron chi connectivity index (χ3n) is 3.03. The molecule has 0 spiro atoms. The van der Waals surface area contributed by atoms with E-state index in [1.54, 1.807) is 18.2 Å². The second kappa shape index (κ2) is 5.40. The van der Waals surface area contributed by atoms with Crippen LogP contribution in [0.1, 0.15) is 31.1 Å². The molecule has 0 radical (unpaired) electrons. The summed E-state index contributed by atoms with van der Waals surface area (Å²) in [6.45, 7) is 7.09. The molecule has 1 atom stereocenters. The number of rotatable bonds is 5. The van der Waals surface area contributed by atoms with Gasteiger partial charge < -0.3 is 14.8 Å². The monoisotopic (exact) mass is 249 g/mol. The van der Waals surface area contributed by atoms with Gasteiger partial charge in [-0.3, -0.25) is 4.79 Å². The molecule has 1 aromatic carbocycles. The number of ether oxygens (including phenoxy) is 2. The van der Waals surface area contributed by atoms with Crippen molar-refractivity contribution in [3.8, 4) is 11.5 Å². The van der Waals surface area contributed by atoms with E-state index in [9.17, 15) is 4.79 Å². The molecule has 0 aliphatic carbocycles. The molecule has 2 rings (SSSR count). The van der Waals surface area contributed by atoms with Gasteiger partial charge in [-0.05, 0) is 30.7 Å². The van der Waals surface area contributed by atoms with Crippen LogP contribution in [0.2, 0.25) is 0 Å². The zero-order chi connectivity index (χ0) is 13.1. The van der Waals surface area contributed by atoms with E-state index in [0.717, 1.165) is 6.54 Å². The minimum atomic E-state index is -0.157. The Labute approximate surface area is 107 Å². The first-order chi connectivity index (χ1) is 8.63. The van der Waals surface area contributed by atoms with Crippen LogP contribution in [0.15, 0.2) is 18.2 Å². The highest BCUT2D eigenvalue weighted by atomic mass is 16.7. The molecule has 0 saturated carbocycles. The lowest BCUT2D eigenvalue weighted by Gasteiger charge is -2.20. The Morgan fingerprint density at radius 2 is 2.06 bits per heavy atom. The van der Waals surface area contributed by atoms with Gasteiger partial charge in [-0.1, -0.05) is 20.8 Å². The summed E-state index contributed by atoms with van der Waals surface area (Å²) in [5.74, 6) is 1.71. The number of carbonyl (C=O) groups excluding carboxylic acids is 1. The topological polar surface area (TPSA) is 47.6 Å². The van der Waals surface area contributed by atoms with Crippen LogP contribution >= 0.6 is 0 Å². The van der Waals surface area contributed by atoms with Gasteiger partial charge in [0, 0.05) is 5.56 Å². The standard InChI is InChI=1S/C14H19NO3/c1-4-15-13(9(2)3)14(16)10-5-6-11-12(7-10)18-8-17-11/h5-7,9,13,15H,4,8H2,1-3H3. The number of benzene rings is 1. The van der Waals surface area contributed by atoms with Crippen molar-refractivity contribution in [1.29, 1.82) is 0 Å². The summed E-state index contributed by atoms with van der Waals surface area (Å²) in [4.78, 5) is 12.4. The molecule has 1 N–H and O–H groups in total. The van der Waals surface area contributed by atoms with Crippen molar-refractivity contribution in [1.82, 2.24) is 5.32 Å². The third-order valence-corrected chi connectivity index (χ3v) is 3.03. The molecule has 4 nitrogen and oxygen atoms in total. The fourth-order valence-electron chi connectivity index (χ4n) is 2.08. The van der Waals surface area contributed by atoms with Crippen LogP contribution in [0.25, 0.3) is 0 Å². The second-order valence-electron chi connectivity index (χ2n) is 4.71. The number of likely N-dealkylation sites (N-methyl/N-ethyl adjacent to an activating group) is 1. The summed E-state index contributed by atoms with van der Waals surface area (Å²) >= 11 is 0. The predicted molar refractivity (Wildman–Crippen MR) is 69.2 cm³/mol. The maximum atomic E-state index is 12.4. The van der Waals surface area contributed by atoms with E-state index in [1.807, 2.05) is 20.8 Å². The highest BCUT2D eigenvalue weighted by molar-refractivity contribution is 6.00. The Morgan fingerprint density at radius 3 is 2.72 bits per heavy atom. The van der Waals surface area contributed by atoms with E-state index in [2.05, 4.69) is 5.32 Å². The maximum absolute atomic E-state index is 12.4. The van der Waals surface area contributed by atoms with E-state index in [4.69, 9.17) is 9.47 Å². The summed E-state index contributed by atoms with van der Waals surface area (Å²) in [5, 5.41) is 3.23. The summed E-state index contributed by atoms with van der Waals surface area (Å²) in [7, 11) is 0. The van der Waals surface area contributed by atoms with Crippen LogP contribution in [0.3, 0.4) is 0 Å². The number of fused-ring (bicyclic) bond motifs is 1. The third kappa shape index (κ3) is 2.48. The summed E-state index contributed by atoms with van der Waals surface area (Å²) in [5.41, 5.74) is 0.666. The molecular weight excluding hydrogens is 230 g/mol. The number of hydrogen-bond donors (Lipinski definition) is 1. The van der Waals surface area contributed by atoms with Crippen LogP contribution in [-0.2, 0) is 0 Å². The molecular formula is C14H19NO3. The first kappa shape index (κ1) is 12.9. The average molecular weight is 249 g/mol. The van der Waals surface area contributed by atoms with Gasteiger partial charge in [-0.15, -0.1) is 0 Å². The fraction of sp³-hybridized carbons (Fsp3) is 0.500. The molecule has 0 bridgehead atoms. The summed E-state index contributed by atoms with van der Waals surface area (Å²) in [6.07, 6.45) is 0. The second-order valence-corrected chi connectivity index (χ2v) is 4.71. The largest absolute Gasteiger partial charge is 0.454 e. The molecule has 18 heavy (non-hydrogen) atoms. The molecule has 1 heterocycles. The van der Waals surface area contributed by atoms with Gasteiger partial charge in [0.1, 0.15) is 0 Å². The van der Waals surface area contributed by atoms with Crippen molar-refractivity contribution in [2.75, 3.05) is 13.3 Å². The van der Waals surface area contributed by atoms with Gasteiger partial charge >= 0.3 is 0 Å². The van der Waals surface area contributed by atoms with Gasteiger partial charge in [-0.25, -0.2) is 0 Å². The number of ketones is 1. The van der Waals surface area contributed by atoms with Gasteiger partial charge in [0.2, 0.25) is 6.79 Å². The van der Waals surface area contributed by atoms with Crippen molar-refractivity contribution in [2.24, 2.45) is 5.92 Å². The summed E-state index contributed by atoms with van der Waals surface area (Å²) < 4.78 is 10.5. The average Bonchev–Trinajstić information content (AvgIpc) is 2.81. The minimum absolute atomic E-state index is 0.102. The van der Waals surface area contributed by atoms with Crippen molar-refractivity contribution in [3.63, 3.8) is 0 Å². The fourth-order valence-corrected chi connectivity index (χ4v) is 2.08. The Morgan fingerprint density at radius 1 is 1.33 bits per heavy atom. The molecule has 4 heteroatoms. The number of Topliss-reactive ketones (excluding diaryl/α,β-unsaturated/α-hetero) is 1. The van der Waals surface area contributed by atoms with E-state index in [1.165, 1.54) is 0 Å². The zero-order valence-electron chi connectivity index (χ0n) is 11.0. The summed E-state index contributed by atoms with van der Waals surface area (Å²) in [6, 6.07) is 5.19. The highest BCUT2D eigenvalue weighted by Gasteiger charge is 2.24. The smallest absolute Gasteiger partial charge is 0.231 e. The normalized spacial score (nSPS) is 14.9. The minimum Gasteiger partial charge on any atom is -0.454 e. The van der Waals surface area contributed by atoms with Crippen LogP contribution in [0.5, 0.6) is 11.5 Å². The SMILES string of the molecule is CCNC(C(=O)c1ccc2c(c1)OCO2)C(C)C. The molecule has 1 aliphatic rings. The Kier molecular flexibility index (Phi) is 3.87. The van der Waals surface area contributed by atoms with Crippen molar-refractivity contribution >= 4 is 5.78 Å². The van der Waals surface area contributed by atoms with Crippen LogP contribution < -0.4 is 14.8 Å². The molecule has 98 valence electrons. The zero-order valence-corrected chi connectivity index (χ0v) is 11.0. The Balaban J connectivity index is 2.22. The lowest BCUT2D eigenvalue weighted by molar-refractivity contribution is 0.0918. The predicted octanol–water partition coefficient (Wildman–Crippen LogP) is 2.23. The Hall–Kier alpha value is -1.55. The molecule has 0 fully saturated rings. The molecule has 1 unspecified atom stereocenters. The van der Waals surface area contributed by atoms with Crippen molar-refractivity contribution < 1.29 is 14.3 Å². The number of hydrogen-bond acceptors (Lipinski definition) is 4. The van der Waals surface area contributed by atoms with Gasteiger partial charge in [0.15, 0.2) is 17.3 Å². The molecule has 0 saturated heterocycles. The van der Waals surface area contributed by atoms with Gasteiger partial charge in [-0.2, -0.15) is 0 Å². The molecule has 0 aromatic heterocycles. The van der Waals surface area contributed by atoms with E-state index in [0.29, 0.717) is 17.1 Å². The van der Waals surface area contributed by atoms with Gasteiger partial charge in [0.05, 0.1) is 6.04 Å². The van der Waals surface area contributed by atoms with Crippen LogP contribution in [0.4, 0.5) is 0 Å². The number of carbonyl (C=O) groups is 1. The highest BCUT2D eigenvalue weighted by Crippen LogP contribution is 2.33. The lowest BCUT2D eigenvalue weighted by Crippen LogP contribution is -2.40. The molecule has 1 aromatic rings. The Bertz CT molecular complexity index is 443. The van der Waals surface area contributed by atoms with Gasteiger partial charge in [0.25, 0.3) is 0 Å². The van der Waals surface area contributed by atoms with E-state index in [-0.39, 0.29) is 24.5 Å². The first-order valence-electron chi connectivity index (χ1n) is 6.30. The maximum Gasteiger partial charge on any atom is 0.231 e. The first-order valence-corrected chi connectivity index (χ1v) is 6.30. The lowest BCUT2D eigenvalue weighted by atomic mass is 9.95.